The number of aromatic nitrogens is 3. The Morgan fingerprint density at radius 2 is 1.71 bits per heavy atom. The van der Waals surface area contributed by atoms with E-state index in [1.165, 1.54) is 23.5 Å². The number of rotatable bonds is 8. The van der Waals surface area contributed by atoms with Crippen molar-refractivity contribution in [2.75, 3.05) is 0 Å². The number of nitro groups is 1. The van der Waals surface area contributed by atoms with Gasteiger partial charge in [-0.3, -0.25) is 21.0 Å². The van der Waals surface area contributed by atoms with E-state index in [4.69, 9.17) is 28.1 Å². The fourth-order valence-electron chi connectivity index (χ4n) is 3.99. The number of hydrazine groups is 1. The predicted molar refractivity (Wildman–Crippen MR) is 167 cm³/mol. The lowest BCUT2D eigenvalue weighted by Gasteiger charge is -2.04. The molecule has 5 rings (SSSR count). The van der Waals surface area contributed by atoms with Crippen molar-refractivity contribution in [3.63, 3.8) is 0 Å². The largest absolute Gasteiger partial charge is 0.300 e. The smallest absolute Gasteiger partial charge is 0.269 e. The molecule has 12 heteroatoms. The molecule has 0 aliphatic heterocycles. The van der Waals surface area contributed by atoms with Gasteiger partial charge in [-0.1, -0.05) is 78.1 Å². The molecule has 0 radical (unpaired) electrons. The third-order valence-corrected chi connectivity index (χ3v) is 7.36. The minimum atomic E-state index is -0.435. The van der Waals surface area contributed by atoms with Crippen LogP contribution in [0.25, 0.3) is 33.7 Å². The molecule has 41 heavy (non-hydrogen) atoms. The normalized spacial score (nSPS) is 11.5. The average Bonchev–Trinajstić information content (AvgIpc) is 3.62. The Balaban J connectivity index is 1.56. The molecule has 0 amide bonds. The predicted octanol–water partition coefficient (Wildman–Crippen LogP) is 5.63. The molecule has 2 aromatic heterocycles. The average molecular weight is 581 g/mol. The third kappa shape index (κ3) is 6.41. The summed E-state index contributed by atoms with van der Waals surface area (Å²) in [4.78, 5) is 16.2. The number of thiocarbonyl (C=S) groups is 1. The molecule has 0 saturated carbocycles. The SMILES string of the molecule is Cc1nc(-n2nc(-c3ccccc3)cc2-c2ccccc2)sc1C(/C=C/c1ccc([N+](=O)[O-])cc1)=N\NC(=S)NN. The van der Waals surface area contributed by atoms with E-state index in [9.17, 15) is 10.1 Å². The van der Waals surface area contributed by atoms with E-state index in [1.54, 1.807) is 24.3 Å². The standard InChI is InChI=1S/C29H24N8O2S2/c1-19-27(24(33-34-28(40)32-30)17-14-20-12-15-23(16-13-20)37(38)39)41-29(31-19)36-26(22-10-6-3-7-11-22)18-25(35-36)21-8-4-2-5-9-21/h2-18H,30H2,1H3,(H2,32,34,40)/b17-14+,33-24-. The Labute approximate surface area is 245 Å². The van der Waals surface area contributed by atoms with Crippen LogP contribution in [0.4, 0.5) is 5.69 Å². The number of nitrogens with zero attached hydrogens (tertiary/aromatic N) is 5. The van der Waals surface area contributed by atoms with Gasteiger partial charge >= 0.3 is 0 Å². The van der Waals surface area contributed by atoms with E-state index < -0.39 is 4.92 Å². The van der Waals surface area contributed by atoms with Crippen LogP contribution in [0.5, 0.6) is 0 Å². The Bertz CT molecular complexity index is 1740. The number of nitrogens with two attached hydrogens (primary N) is 1. The first-order chi connectivity index (χ1) is 19.9. The molecule has 0 saturated heterocycles. The van der Waals surface area contributed by atoms with E-state index in [2.05, 4.69) is 22.0 Å². The van der Waals surface area contributed by atoms with Crippen LogP contribution in [-0.2, 0) is 0 Å². The van der Waals surface area contributed by atoms with Gasteiger partial charge in [0.25, 0.3) is 5.69 Å². The summed E-state index contributed by atoms with van der Waals surface area (Å²) < 4.78 is 1.84. The zero-order chi connectivity index (χ0) is 28.8. The van der Waals surface area contributed by atoms with Crippen molar-refractivity contribution in [2.24, 2.45) is 10.9 Å². The van der Waals surface area contributed by atoms with Crippen molar-refractivity contribution in [3.8, 4) is 27.6 Å². The van der Waals surface area contributed by atoms with Crippen LogP contribution in [0.15, 0.2) is 102 Å². The van der Waals surface area contributed by atoms with Gasteiger partial charge in [-0.25, -0.2) is 15.5 Å². The van der Waals surface area contributed by atoms with Crippen molar-refractivity contribution in [3.05, 3.63) is 123 Å². The minimum Gasteiger partial charge on any atom is -0.300 e. The molecule has 0 unspecified atom stereocenters. The number of benzene rings is 3. The second-order valence-corrected chi connectivity index (χ2v) is 10.1. The molecular formula is C29H24N8O2S2. The lowest BCUT2D eigenvalue weighted by atomic mass is 10.1. The number of nitrogens with one attached hydrogen (secondary N) is 2. The van der Waals surface area contributed by atoms with Crippen molar-refractivity contribution in [1.29, 1.82) is 0 Å². The molecule has 0 aliphatic carbocycles. The molecule has 5 aromatic rings. The van der Waals surface area contributed by atoms with Gasteiger partial charge in [-0.15, -0.1) is 0 Å². The van der Waals surface area contributed by atoms with Crippen molar-refractivity contribution in [2.45, 2.75) is 6.92 Å². The van der Waals surface area contributed by atoms with Gasteiger partial charge in [0.1, 0.15) is 5.71 Å². The van der Waals surface area contributed by atoms with E-state index in [0.29, 0.717) is 10.8 Å². The van der Waals surface area contributed by atoms with Crippen LogP contribution in [0.3, 0.4) is 0 Å². The molecule has 2 heterocycles. The Hall–Kier alpha value is -5.04. The third-order valence-electron chi connectivity index (χ3n) is 5.99. The number of aryl methyl sites for hydroxylation is 1. The lowest BCUT2D eigenvalue weighted by Crippen LogP contribution is -2.37. The highest BCUT2D eigenvalue weighted by Crippen LogP contribution is 2.31. The molecule has 4 N–H and O–H groups in total. The highest BCUT2D eigenvalue weighted by molar-refractivity contribution is 7.80. The molecule has 0 spiro atoms. The fourth-order valence-corrected chi connectivity index (χ4v) is 5.04. The van der Waals surface area contributed by atoms with Gasteiger partial charge in [0, 0.05) is 23.3 Å². The first-order valence-corrected chi connectivity index (χ1v) is 13.6. The van der Waals surface area contributed by atoms with E-state index >= 15 is 0 Å². The van der Waals surface area contributed by atoms with Crippen LogP contribution >= 0.6 is 23.6 Å². The van der Waals surface area contributed by atoms with Crippen LogP contribution in [0.2, 0.25) is 0 Å². The Kier molecular flexibility index (Phi) is 8.34. The number of allylic oxidation sites excluding steroid dienone is 1. The van der Waals surface area contributed by atoms with Gasteiger partial charge in [0.2, 0.25) is 10.2 Å². The van der Waals surface area contributed by atoms with Gasteiger partial charge in [0.15, 0.2) is 0 Å². The molecule has 204 valence electrons. The van der Waals surface area contributed by atoms with Crippen molar-refractivity contribution in [1.82, 2.24) is 25.6 Å². The van der Waals surface area contributed by atoms with Gasteiger partial charge in [-0.2, -0.15) is 10.2 Å². The molecule has 0 aliphatic rings. The summed E-state index contributed by atoms with van der Waals surface area (Å²) in [7, 11) is 0. The molecule has 0 fully saturated rings. The van der Waals surface area contributed by atoms with E-state index in [1.807, 2.05) is 72.3 Å². The monoisotopic (exact) mass is 580 g/mol. The lowest BCUT2D eigenvalue weighted by molar-refractivity contribution is -0.384. The van der Waals surface area contributed by atoms with E-state index in [-0.39, 0.29) is 10.8 Å². The maximum absolute atomic E-state index is 11.0. The first-order valence-electron chi connectivity index (χ1n) is 12.4. The summed E-state index contributed by atoms with van der Waals surface area (Å²) in [5.74, 6) is 5.42. The molecular weight excluding hydrogens is 557 g/mol. The Morgan fingerprint density at radius 1 is 1.05 bits per heavy atom. The minimum absolute atomic E-state index is 0.0170. The summed E-state index contributed by atoms with van der Waals surface area (Å²) >= 11 is 6.53. The van der Waals surface area contributed by atoms with Crippen LogP contribution in [-0.4, -0.2) is 30.5 Å². The highest BCUT2D eigenvalue weighted by atomic mass is 32.1. The van der Waals surface area contributed by atoms with Crippen LogP contribution < -0.4 is 16.7 Å². The van der Waals surface area contributed by atoms with Gasteiger partial charge in [-0.05, 0) is 49.0 Å². The van der Waals surface area contributed by atoms with E-state index in [0.717, 1.165) is 38.6 Å². The van der Waals surface area contributed by atoms with Crippen molar-refractivity contribution >= 4 is 46.1 Å². The number of non-ortho nitro benzene ring substituents is 1. The number of hydrogen-bond acceptors (Lipinski definition) is 8. The Morgan fingerprint density at radius 3 is 2.34 bits per heavy atom. The summed E-state index contributed by atoms with van der Waals surface area (Å²) in [5, 5.41) is 21.2. The molecule has 0 bridgehead atoms. The first kappa shape index (κ1) is 27.5. The summed E-state index contributed by atoms with van der Waals surface area (Å²) in [5.41, 5.74) is 10.9. The second kappa shape index (κ2) is 12.4. The summed E-state index contributed by atoms with van der Waals surface area (Å²) in [6.07, 6.45) is 3.59. The molecule has 10 nitrogen and oxygen atoms in total. The second-order valence-electron chi connectivity index (χ2n) is 8.73. The van der Waals surface area contributed by atoms with Gasteiger partial charge < -0.3 is 0 Å². The zero-order valence-corrected chi connectivity index (χ0v) is 23.4. The number of hydrazone groups is 1. The molecule has 3 aromatic carbocycles. The van der Waals surface area contributed by atoms with Gasteiger partial charge in [0.05, 0.1) is 26.9 Å². The van der Waals surface area contributed by atoms with Crippen molar-refractivity contribution < 1.29 is 4.92 Å². The number of thiazole rings is 1. The summed E-state index contributed by atoms with van der Waals surface area (Å²) in [6, 6.07) is 28.3. The van der Waals surface area contributed by atoms with Crippen LogP contribution in [0, 0.1) is 17.0 Å². The number of hydrogen-bond donors (Lipinski definition) is 3. The quantitative estimate of drug-likeness (QED) is 0.0706. The summed E-state index contributed by atoms with van der Waals surface area (Å²) in [6.45, 7) is 1.90. The zero-order valence-electron chi connectivity index (χ0n) is 21.8. The number of nitro benzene ring substituents is 1. The maximum Gasteiger partial charge on any atom is 0.269 e. The maximum atomic E-state index is 11.0. The molecule has 0 atom stereocenters. The van der Waals surface area contributed by atoms with Crippen LogP contribution in [0.1, 0.15) is 16.1 Å². The highest BCUT2D eigenvalue weighted by Gasteiger charge is 2.19. The topological polar surface area (TPSA) is 136 Å². The fraction of sp³-hybridized carbons (Fsp3) is 0.0345.